The zero-order valence-electron chi connectivity index (χ0n) is 11.6. The van der Waals surface area contributed by atoms with Crippen molar-refractivity contribution in [1.29, 1.82) is 0 Å². The summed E-state index contributed by atoms with van der Waals surface area (Å²) >= 11 is 1.34. The van der Waals surface area contributed by atoms with Gasteiger partial charge in [0.1, 0.15) is 11.6 Å². The Bertz CT molecular complexity index is 660. The summed E-state index contributed by atoms with van der Waals surface area (Å²) in [5.41, 5.74) is 1.67. The molecule has 0 aliphatic rings. The number of nitrogens with zero attached hydrogens (tertiary/aromatic N) is 1. The van der Waals surface area contributed by atoms with Crippen LogP contribution in [0, 0.1) is 6.92 Å². The maximum atomic E-state index is 12.1. The Hall–Kier alpha value is -1.29. The van der Waals surface area contributed by atoms with E-state index >= 15 is 0 Å². The Morgan fingerprint density at radius 2 is 1.95 bits per heavy atom. The summed E-state index contributed by atoms with van der Waals surface area (Å²) in [6, 6.07) is 9.71. The van der Waals surface area contributed by atoms with Crippen molar-refractivity contribution in [2.75, 3.05) is 19.9 Å². The standard InChI is InChI=1S/C14H16NO3PS/c1-10-13(12(16)9-18-19(2,3)17)20-14(15-10)11-7-5-4-6-8-11/h4-8H,9H2,1-3H3. The van der Waals surface area contributed by atoms with E-state index in [9.17, 15) is 9.36 Å². The summed E-state index contributed by atoms with van der Waals surface area (Å²) in [5, 5.41) is 0.808. The number of Topliss-reactive ketones (excluding diaryl/α,β-unsaturated/α-hetero) is 1. The lowest BCUT2D eigenvalue weighted by molar-refractivity contribution is 0.0927. The second kappa shape index (κ2) is 6.00. The third-order valence-electron chi connectivity index (χ3n) is 2.58. The summed E-state index contributed by atoms with van der Waals surface area (Å²) in [4.78, 5) is 17.1. The first-order valence-corrected chi connectivity index (χ1v) is 9.46. The fourth-order valence-corrected chi connectivity index (χ4v) is 3.06. The molecule has 0 unspecified atom stereocenters. The fraction of sp³-hybridized carbons (Fsp3) is 0.286. The summed E-state index contributed by atoms with van der Waals surface area (Å²) < 4.78 is 16.6. The van der Waals surface area contributed by atoms with Crippen molar-refractivity contribution < 1.29 is 13.9 Å². The van der Waals surface area contributed by atoms with Gasteiger partial charge in [0.2, 0.25) is 5.78 Å². The Morgan fingerprint density at radius 3 is 2.55 bits per heavy atom. The van der Waals surface area contributed by atoms with Gasteiger partial charge in [-0.15, -0.1) is 11.3 Å². The molecule has 0 saturated carbocycles. The summed E-state index contributed by atoms with van der Waals surface area (Å²) in [6.07, 6.45) is 0. The van der Waals surface area contributed by atoms with Gasteiger partial charge >= 0.3 is 0 Å². The van der Waals surface area contributed by atoms with Crippen LogP contribution in [0.5, 0.6) is 0 Å². The van der Waals surface area contributed by atoms with Gasteiger partial charge in [-0.1, -0.05) is 30.3 Å². The van der Waals surface area contributed by atoms with Crippen LogP contribution in [0.4, 0.5) is 0 Å². The first kappa shape index (κ1) is 15.1. The molecule has 0 saturated heterocycles. The number of hydrogen-bond donors (Lipinski definition) is 0. The van der Waals surface area contributed by atoms with E-state index in [4.69, 9.17) is 4.52 Å². The van der Waals surface area contributed by atoms with E-state index < -0.39 is 7.37 Å². The molecule has 0 N–H and O–H groups in total. The molecule has 0 fully saturated rings. The number of aromatic nitrogens is 1. The van der Waals surface area contributed by atoms with Crippen molar-refractivity contribution in [2.24, 2.45) is 0 Å². The number of benzene rings is 1. The van der Waals surface area contributed by atoms with Crippen molar-refractivity contribution >= 4 is 24.5 Å². The van der Waals surface area contributed by atoms with Crippen LogP contribution in [0.25, 0.3) is 10.6 Å². The van der Waals surface area contributed by atoms with Gasteiger partial charge in [0.05, 0.1) is 10.6 Å². The molecule has 0 amide bonds. The third-order valence-corrected chi connectivity index (χ3v) is 4.58. The van der Waals surface area contributed by atoms with Gasteiger partial charge in [0, 0.05) is 18.9 Å². The van der Waals surface area contributed by atoms with E-state index in [1.54, 1.807) is 6.92 Å². The molecule has 2 rings (SSSR count). The van der Waals surface area contributed by atoms with Crippen molar-refractivity contribution in [1.82, 2.24) is 4.98 Å². The predicted molar refractivity (Wildman–Crippen MR) is 82.0 cm³/mol. The molecule has 20 heavy (non-hydrogen) atoms. The first-order chi connectivity index (χ1) is 9.37. The van der Waals surface area contributed by atoms with Gasteiger partial charge in [-0.05, 0) is 6.92 Å². The van der Waals surface area contributed by atoms with Crippen LogP contribution in [0.1, 0.15) is 15.4 Å². The van der Waals surface area contributed by atoms with E-state index in [0.29, 0.717) is 10.6 Å². The highest BCUT2D eigenvalue weighted by Gasteiger charge is 2.18. The van der Waals surface area contributed by atoms with Gasteiger partial charge in [-0.25, -0.2) is 4.98 Å². The van der Waals surface area contributed by atoms with E-state index in [2.05, 4.69) is 4.98 Å². The quantitative estimate of drug-likeness (QED) is 0.621. The second-order valence-electron chi connectivity index (χ2n) is 4.75. The van der Waals surface area contributed by atoms with Gasteiger partial charge < -0.3 is 4.52 Å². The summed E-state index contributed by atoms with van der Waals surface area (Å²) in [5.74, 6) is -0.175. The topological polar surface area (TPSA) is 56.3 Å². The van der Waals surface area contributed by atoms with Crippen LogP contribution >= 0.6 is 18.7 Å². The van der Waals surface area contributed by atoms with Gasteiger partial charge in [0.25, 0.3) is 0 Å². The van der Waals surface area contributed by atoms with E-state index in [1.807, 2.05) is 30.3 Å². The molecular weight excluding hydrogens is 293 g/mol. The molecule has 0 atom stereocenters. The van der Waals surface area contributed by atoms with Gasteiger partial charge in [-0.2, -0.15) is 0 Å². The number of thiazole rings is 1. The Morgan fingerprint density at radius 1 is 1.30 bits per heavy atom. The fourth-order valence-electron chi connectivity index (χ4n) is 1.64. The summed E-state index contributed by atoms with van der Waals surface area (Å²) in [7, 11) is -2.64. The zero-order chi connectivity index (χ0) is 14.8. The Labute approximate surface area is 122 Å². The average molecular weight is 309 g/mol. The molecular formula is C14H16NO3PS. The minimum absolute atomic E-state index is 0.165. The molecule has 0 spiro atoms. The van der Waals surface area contributed by atoms with Crippen LogP contribution < -0.4 is 0 Å². The maximum Gasteiger partial charge on any atom is 0.200 e. The lowest BCUT2D eigenvalue weighted by atomic mass is 10.2. The van der Waals surface area contributed by atoms with Crippen molar-refractivity contribution in [2.45, 2.75) is 6.92 Å². The van der Waals surface area contributed by atoms with Gasteiger partial charge in [-0.3, -0.25) is 9.36 Å². The van der Waals surface area contributed by atoms with E-state index in [1.165, 1.54) is 24.7 Å². The van der Waals surface area contributed by atoms with E-state index in [-0.39, 0.29) is 12.4 Å². The largest absolute Gasteiger partial charge is 0.320 e. The highest BCUT2D eigenvalue weighted by molar-refractivity contribution is 7.57. The molecule has 6 heteroatoms. The van der Waals surface area contributed by atoms with Crippen molar-refractivity contribution in [3.63, 3.8) is 0 Å². The van der Waals surface area contributed by atoms with E-state index in [0.717, 1.165) is 10.6 Å². The van der Waals surface area contributed by atoms with Crippen molar-refractivity contribution in [3.8, 4) is 10.6 Å². The number of hydrogen-bond acceptors (Lipinski definition) is 5. The number of rotatable bonds is 5. The first-order valence-electron chi connectivity index (χ1n) is 6.12. The SMILES string of the molecule is Cc1nc(-c2ccccc2)sc1C(=O)COP(C)(C)=O. The minimum atomic E-state index is -2.64. The van der Waals surface area contributed by atoms with Crippen LogP contribution in [0.3, 0.4) is 0 Å². The minimum Gasteiger partial charge on any atom is -0.320 e. The number of carbonyl (C=O) groups is 1. The lowest BCUT2D eigenvalue weighted by Gasteiger charge is -2.06. The smallest absolute Gasteiger partial charge is 0.200 e. The highest BCUT2D eigenvalue weighted by atomic mass is 32.1. The monoisotopic (exact) mass is 309 g/mol. The third kappa shape index (κ3) is 3.85. The molecule has 0 bridgehead atoms. The van der Waals surface area contributed by atoms with Crippen LogP contribution in [-0.2, 0) is 9.09 Å². The van der Waals surface area contributed by atoms with Gasteiger partial charge in [0.15, 0.2) is 7.37 Å². The zero-order valence-corrected chi connectivity index (χ0v) is 13.3. The molecule has 1 heterocycles. The Balaban J connectivity index is 2.20. The second-order valence-corrected chi connectivity index (χ2v) is 8.51. The highest BCUT2D eigenvalue weighted by Crippen LogP contribution is 2.37. The average Bonchev–Trinajstić information content (AvgIpc) is 2.78. The molecule has 4 nitrogen and oxygen atoms in total. The van der Waals surface area contributed by atoms with Crippen molar-refractivity contribution in [3.05, 3.63) is 40.9 Å². The molecule has 106 valence electrons. The van der Waals surface area contributed by atoms with Crippen LogP contribution in [0.15, 0.2) is 30.3 Å². The number of aryl methyl sites for hydroxylation is 1. The lowest BCUT2D eigenvalue weighted by Crippen LogP contribution is -2.07. The number of carbonyl (C=O) groups excluding carboxylic acids is 1. The normalized spacial score (nSPS) is 11.6. The van der Waals surface area contributed by atoms with Crippen LogP contribution in [0.2, 0.25) is 0 Å². The molecule has 0 aliphatic heterocycles. The summed E-state index contributed by atoms with van der Waals surface area (Å²) in [6.45, 7) is 4.62. The molecule has 0 radical (unpaired) electrons. The molecule has 0 aliphatic carbocycles. The number of ketones is 1. The maximum absolute atomic E-state index is 12.1. The molecule has 1 aromatic heterocycles. The molecule has 1 aromatic carbocycles. The Kier molecular flexibility index (Phi) is 4.53. The predicted octanol–water partition coefficient (Wildman–Crippen LogP) is 3.86. The molecule has 2 aromatic rings. The van der Waals surface area contributed by atoms with Crippen LogP contribution in [-0.4, -0.2) is 30.7 Å².